The molecule has 8 nitrogen and oxygen atoms in total. The summed E-state index contributed by atoms with van der Waals surface area (Å²) in [6.07, 6.45) is 0. The van der Waals surface area contributed by atoms with E-state index in [1.54, 1.807) is 46.9 Å². The molecule has 0 unspecified atom stereocenters. The number of ether oxygens (including phenoxy) is 1. The molecule has 2 aromatic rings. The quantitative estimate of drug-likeness (QED) is 0.811. The van der Waals surface area contributed by atoms with Crippen LogP contribution >= 0.6 is 0 Å². The number of anilines is 1. The molecule has 28 heavy (non-hydrogen) atoms. The largest absolute Gasteiger partial charge is 0.494 e. The van der Waals surface area contributed by atoms with Crippen LogP contribution in [0.15, 0.2) is 22.7 Å². The number of hydrogen-bond donors (Lipinski definition) is 1. The van der Waals surface area contributed by atoms with Gasteiger partial charge in [-0.15, -0.1) is 0 Å². The second-order valence-electron chi connectivity index (χ2n) is 7.23. The van der Waals surface area contributed by atoms with Gasteiger partial charge in [0.2, 0.25) is 5.91 Å². The third-order valence-corrected chi connectivity index (χ3v) is 4.10. The van der Waals surface area contributed by atoms with E-state index in [0.29, 0.717) is 5.56 Å². The number of rotatable bonds is 6. The normalized spacial score (nSPS) is 11.1. The topological polar surface area (TPSA) is 87.9 Å². The van der Waals surface area contributed by atoms with Crippen molar-refractivity contribution in [1.29, 1.82) is 0 Å². The maximum atomic E-state index is 13.8. The summed E-state index contributed by atoms with van der Waals surface area (Å²) in [6.45, 7) is 3.22. The van der Waals surface area contributed by atoms with Crippen molar-refractivity contribution in [3.05, 3.63) is 29.6 Å². The highest BCUT2D eigenvalue weighted by molar-refractivity contribution is 6.06. The summed E-state index contributed by atoms with van der Waals surface area (Å²) in [5, 5.41) is 6.68. The molecule has 1 heterocycles. The van der Waals surface area contributed by atoms with E-state index in [0.717, 1.165) is 0 Å². The van der Waals surface area contributed by atoms with E-state index in [2.05, 4.69) is 10.5 Å². The van der Waals surface area contributed by atoms with Gasteiger partial charge in [0.25, 0.3) is 5.91 Å². The molecule has 0 aliphatic rings. The van der Waals surface area contributed by atoms with Gasteiger partial charge in [0, 0.05) is 33.8 Å². The van der Waals surface area contributed by atoms with Crippen LogP contribution < -0.4 is 15.0 Å². The molecule has 9 heteroatoms. The van der Waals surface area contributed by atoms with Crippen LogP contribution in [-0.2, 0) is 4.79 Å². The number of hydrogen-bond acceptors (Lipinski definition) is 6. The Labute approximate surface area is 163 Å². The fraction of sp³-hybridized carbons (Fsp3) is 0.421. The van der Waals surface area contributed by atoms with Crippen molar-refractivity contribution in [1.82, 2.24) is 15.4 Å². The summed E-state index contributed by atoms with van der Waals surface area (Å²) >= 11 is 0. The second kappa shape index (κ2) is 7.87. The van der Waals surface area contributed by atoms with E-state index < -0.39 is 17.3 Å². The van der Waals surface area contributed by atoms with Crippen LogP contribution in [0.1, 0.15) is 24.2 Å². The number of amides is 2. The van der Waals surface area contributed by atoms with Crippen LogP contribution in [0.5, 0.6) is 5.75 Å². The monoisotopic (exact) mass is 392 g/mol. The fourth-order valence-corrected chi connectivity index (χ4v) is 2.75. The molecule has 0 saturated carbocycles. The zero-order chi connectivity index (χ0) is 21.2. The van der Waals surface area contributed by atoms with Gasteiger partial charge in [-0.05, 0) is 32.0 Å². The Kier molecular flexibility index (Phi) is 5.96. The minimum atomic E-state index is -1.15. The van der Waals surface area contributed by atoms with Gasteiger partial charge < -0.3 is 24.4 Å². The van der Waals surface area contributed by atoms with Crippen molar-refractivity contribution in [2.75, 3.05) is 40.2 Å². The van der Waals surface area contributed by atoms with Crippen LogP contribution in [0.2, 0.25) is 0 Å². The number of carbonyl (C=O) groups is 2. The Balaban J connectivity index is 2.53. The molecule has 1 N–H and O–H groups in total. The lowest BCUT2D eigenvalue weighted by molar-refractivity contribution is -0.134. The van der Waals surface area contributed by atoms with Crippen molar-refractivity contribution in [3.8, 4) is 17.1 Å². The maximum absolute atomic E-state index is 13.8. The lowest BCUT2D eigenvalue weighted by Gasteiger charge is -2.28. The number of aromatic nitrogens is 1. The van der Waals surface area contributed by atoms with Gasteiger partial charge in [-0.3, -0.25) is 9.59 Å². The number of methoxy groups -OCH3 is 1. The average molecular weight is 392 g/mol. The number of benzene rings is 1. The van der Waals surface area contributed by atoms with Crippen molar-refractivity contribution < 1.29 is 23.2 Å². The molecule has 0 spiro atoms. The van der Waals surface area contributed by atoms with Crippen molar-refractivity contribution >= 4 is 17.6 Å². The Morgan fingerprint density at radius 1 is 1.21 bits per heavy atom. The number of likely N-dealkylation sites (N-methyl/N-ethyl adjacent to an activating group) is 1. The summed E-state index contributed by atoms with van der Waals surface area (Å²) in [4.78, 5) is 28.5. The number of halogens is 1. The first kappa shape index (κ1) is 21.2. The third-order valence-electron chi connectivity index (χ3n) is 4.10. The van der Waals surface area contributed by atoms with Crippen LogP contribution in [0.3, 0.4) is 0 Å². The Hall–Kier alpha value is -3.10. The van der Waals surface area contributed by atoms with Gasteiger partial charge in [0.05, 0.1) is 7.11 Å². The highest BCUT2D eigenvalue weighted by Crippen LogP contribution is 2.33. The van der Waals surface area contributed by atoms with Crippen LogP contribution in [0.4, 0.5) is 10.2 Å². The molecule has 1 aromatic carbocycles. The first-order chi connectivity index (χ1) is 13.0. The van der Waals surface area contributed by atoms with E-state index in [4.69, 9.17) is 9.26 Å². The maximum Gasteiger partial charge on any atom is 0.259 e. The van der Waals surface area contributed by atoms with Crippen molar-refractivity contribution in [3.63, 3.8) is 0 Å². The predicted octanol–water partition coefficient (Wildman–Crippen LogP) is 2.15. The summed E-state index contributed by atoms with van der Waals surface area (Å²) in [5.74, 6) is -0.911. The number of nitrogens with one attached hydrogen (secondary N) is 1. The van der Waals surface area contributed by atoms with Crippen LogP contribution in [0, 0.1) is 5.82 Å². The fourth-order valence-electron chi connectivity index (χ4n) is 2.75. The molecule has 0 aliphatic carbocycles. The molecule has 2 amide bonds. The first-order valence-corrected chi connectivity index (χ1v) is 8.54. The second-order valence-corrected chi connectivity index (χ2v) is 7.23. The Morgan fingerprint density at radius 3 is 2.39 bits per heavy atom. The lowest BCUT2D eigenvalue weighted by atomic mass is 10.0. The molecule has 0 fully saturated rings. The molecule has 0 atom stereocenters. The van der Waals surface area contributed by atoms with Gasteiger partial charge in [0.15, 0.2) is 23.1 Å². The van der Waals surface area contributed by atoms with Crippen LogP contribution in [-0.4, -0.2) is 62.7 Å². The minimum absolute atomic E-state index is 0.00905. The summed E-state index contributed by atoms with van der Waals surface area (Å²) in [5.41, 5.74) is -0.599. The number of nitrogens with zero attached hydrogens (tertiary/aromatic N) is 3. The molecule has 0 radical (unpaired) electrons. The lowest BCUT2D eigenvalue weighted by Crippen LogP contribution is -2.54. The standard InChI is InChI=1S/C19H25FN4O4/c1-19(2,18(26)24(5)6)21-17(25)14-15(28-22-16(14)23(3)4)11-8-9-12(20)13(10-11)27-7/h8-10H,1-7H3,(H,21,25). The van der Waals surface area contributed by atoms with E-state index in [9.17, 15) is 14.0 Å². The summed E-state index contributed by atoms with van der Waals surface area (Å²) in [7, 11) is 7.98. The minimum Gasteiger partial charge on any atom is -0.494 e. The van der Waals surface area contributed by atoms with Crippen molar-refractivity contribution in [2.24, 2.45) is 0 Å². The first-order valence-electron chi connectivity index (χ1n) is 8.54. The van der Waals surface area contributed by atoms with Crippen LogP contribution in [0.25, 0.3) is 11.3 Å². The smallest absolute Gasteiger partial charge is 0.259 e. The summed E-state index contributed by atoms with van der Waals surface area (Å²) < 4.78 is 24.2. The molecular formula is C19H25FN4O4. The predicted molar refractivity (Wildman–Crippen MR) is 103 cm³/mol. The highest BCUT2D eigenvalue weighted by Gasteiger charge is 2.34. The average Bonchev–Trinajstić information content (AvgIpc) is 3.06. The molecule has 0 aliphatic heterocycles. The SMILES string of the molecule is COc1cc(-c2onc(N(C)C)c2C(=O)NC(C)(C)C(=O)N(C)C)ccc1F. The molecular weight excluding hydrogens is 367 g/mol. The Morgan fingerprint density at radius 2 is 1.86 bits per heavy atom. The highest BCUT2D eigenvalue weighted by atomic mass is 19.1. The Bertz CT molecular complexity index is 890. The van der Waals surface area contributed by atoms with Gasteiger partial charge in [-0.25, -0.2) is 4.39 Å². The van der Waals surface area contributed by atoms with Gasteiger partial charge in [0.1, 0.15) is 11.1 Å². The van der Waals surface area contributed by atoms with E-state index in [-0.39, 0.29) is 28.8 Å². The third kappa shape index (κ3) is 4.08. The molecule has 2 rings (SSSR count). The molecule has 1 aromatic heterocycles. The zero-order valence-corrected chi connectivity index (χ0v) is 17.1. The van der Waals surface area contributed by atoms with E-state index >= 15 is 0 Å². The molecule has 0 saturated heterocycles. The molecule has 0 bridgehead atoms. The molecule has 152 valence electrons. The van der Waals surface area contributed by atoms with Crippen molar-refractivity contribution in [2.45, 2.75) is 19.4 Å². The van der Waals surface area contributed by atoms with E-state index in [1.165, 1.54) is 30.2 Å². The number of carbonyl (C=O) groups excluding carboxylic acids is 2. The zero-order valence-electron chi connectivity index (χ0n) is 17.1. The van der Waals surface area contributed by atoms with Gasteiger partial charge in [-0.2, -0.15) is 0 Å². The van der Waals surface area contributed by atoms with Gasteiger partial charge in [-0.1, -0.05) is 5.16 Å². The van der Waals surface area contributed by atoms with Gasteiger partial charge >= 0.3 is 0 Å². The van der Waals surface area contributed by atoms with E-state index in [1.807, 2.05) is 0 Å². The summed E-state index contributed by atoms with van der Waals surface area (Å²) in [6, 6.07) is 4.10.